The zero-order valence-corrected chi connectivity index (χ0v) is 16.1. The Hall–Kier alpha value is -3.52. The van der Waals surface area contributed by atoms with Gasteiger partial charge >= 0.3 is 0 Å². The number of hydrogen-bond acceptors (Lipinski definition) is 6. The number of carbonyl (C=O) groups is 1. The van der Waals surface area contributed by atoms with Gasteiger partial charge in [0.2, 0.25) is 5.91 Å². The Bertz CT molecular complexity index is 1090. The van der Waals surface area contributed by atoms with Crippen LogP contribution in [0.2, 0.25) is 5.02 Å². The van der Waals surface area contributed by atoms with Gasteiger partial charge in [0.15, 0.2) is 17.5 Å². The summed E-state index contributed by atoms with van der Waals surface area (Å²) in [6.45, 7) is 0.337. The van der Waals surface area contributed by atoms with Gasteiger partial charge in [0.1, 0.15) is 12.7 Å². The Kier molecular flexibility index (Phi) is 5.62. The van der Waals surface area contributed by atoms with Gasteiger partial charge in [-0.1, -0.05) is 17.7 Å². The van der Waals surface area contributed by atoms with Gasteiger partial charge in [-0.05, 0) is 30.3 Å². The lowest BCUT2D eigenvalue weighted by Gasteiger charge is -2.09. The minimum Gasteiger partial charge on any atom is -0.441 e. The van der Waals surface area contributed by atoms with E-state index in [0.717, 1.165) is 11.1 Å². The number of nitrogens with zero attached hydrogens (tertiary/aromatic N) is 5. The third kappa shape index (κ3) is 4.67. The highest BCUT2D eigenvalue weighted by atomic mass is 35.5. The number of rotatable bonds is 7. The Morgan fingerprint density at radius 1 is 1.17 bits per heavy atom. The molecule has 0 radical (unpaired) electrons. The number of benzene rings is 1. The molecule has 3 heterocycles. The molecule has 29 heavy (non-hydrogen) atoms. The molecule has 9 heteroatoms. The maximum Gasteiger partial charge on any atom is 0.220 e. The quantitative estimate of drug-likeness (QED) is 0.504. The Labute approximate surface area is 171 Å². The molecule has 146 valence electrons. The van der Waals surface area contributed by atoms with Crippen LogP contribution in [0.15, 0.2) is 65.9 Å². The number of carbonyl (C=O) groups excluding carboxylic acids is 1. The second-order valence-electron chi connectivity index (χ2n) is 6.23. The van der Waals surface area contributed by atoms with Crippen molar-refractivity contribution in [2.24, 2.45) is 0 Å². The summed E-state index contributed by atoms with van der Waals surface area (Å²) < 4.78 is 7.29. The van der Waals surface area contributed by atoms with Crippen LogP contribution in [0.4, 0.5) is 0 Å². The highest BCUT2D eigenvalue weighted by Gasteiger charge is 2.11. The molecule has 8 nitrogen and oxygen atoms in total. The van der Waals surface area contributed by atoms with E-state index in [4.69, 9.17) is 16.0 Å². The summed E-state index contributed by atoms with van der Waals surface area (Å²) in [7, 11) is 0. The van der Waals surface area contributed by atoms with E-state index in [1.807, 2.05) is 24.3 Å². The summed E-state index contributed by atoms with van der Waals surface area (Å²) in [5.41, 5.74) is 1.72. The fraction of sp³-hybridized carbons (Fsp3) is 0.150. The number of aryl methyl sites for hydroxylation is 1. The molecule has 0 unspecified atom stereocenters. The molecule has 0 aliphatic carbocycles. The van der Waals surface area contributed by atoms with Crippen molar-refractivity contribution < 1.29 is 9.21 Å². The maximum absolute atomic E-state index is 12.3. The predicted octanol–water partition coefficient (Wildman–Crippen LogP) is 3.22. The van der Waals surface area contributed by atoms with Crippen molar-refractivity contribution in [2.75, 3.05) is 0 Å². The summed E-state index contributed by atoms with van der Waals surface area (Å²) in [5.74, 6) is 1.68. The SMILES string of the molecule is O=C(CCc1ncc(-c2ccc(Cl)cc2)o1)NCc1cccnc1-n1cncn1. The van der Waals surface area contributed by atoms with E-state index in [1.165, 1.54) is 6.33 Å². The molecule has 0 aliphatic heterocycles. The lowest BCUT2D eigenvalue weighted by molar-refractivity contribution is -0.121. The van der Waals surface area contributed by atoms with Crippen LogP contribution >= 0.6 is 11.6 Å². The second kappa shape index (κ2) is 8.66. The van der Waals surface area contributed by atoms with E-state index in [1.54, 1.807) is 35.5 Å². The van der Waals surface area contributed by atoms with Crippen LogP contribution < -0.4 is 5.32 Å². The molecular weight excluding hydrogens is 392 g/mol. The molecule has 4 aromatic rings. The number of amides is 1. The lowest BCUT2D eigenvalue weighted by Crippen LogP contribution is -2.24. The minimum atomic E-state index is -0.107. The zero-order chi connectivity index (χ0) is 20.1. The van der Waals surface area contributed by atoms with Gasteiger partial charge in [-0.2, -0.15) is 5.10 Å². The first-order valence-electron chi connectivity index (χ1n) is 8.95. The Balaban J connectivity index is 1.32. The predicted molar refractivity (Wildman–Crippen MR) is 106 cm³/mol. The number of nitrogens with one attached hydrogen (secondary N) is 1. The van der Waals surface area contributed by atoms with Gasteiger partial charge in [0.25, 0.3) is 0 Å². The molecule has 0 aliphatic rings. The molecule has 0 saturated heterocycles. The average molecular weight is 409 g/mol. The highest BCUT2D eigenvalue weighted by molar-refractivity contribution is 6.30. The molecule has 0 saturated carbocycles. The lowest BCUT2D eigenvalue weighted by atomic mass is 10.2. The molecule has 1 amide bonds. The first kappa shape index (κ1) is 18.8. The van der Waals surface area contributed by atoms with Crippen molar-refractivity contribution in [3.8, 4) is 17.1 Å². The maximum atomic E-state index is 12.3. The van der Waals surface area contributed by atoms with Crippen LogP contribution in [0.5, 0.6) is 0 Å². The third-order valence-electron chi connectivity index (χ3n) is 4.23. The van der Waals surface area contributed by atoms with Gasteiger partial charge in [-0.25, -0.2) is 19.6 Å². The molecule has 0 fully saturated rings. The van der Waals surface area contributed by atoms with Gasteiger partial charge < -0.3 is 9.73 Å². The van der Waals surface area contributed by atoms with E-state index in [-0.39, 0.29) is 12.3 Å². The topological polar surface area (TPSA) is 98.7 Å². The first-order valence-corrected chi connectivity index (χ1v) is 9.33. The summed E-state index contributed by atoms with van der Waals surface area (Å²) in [5, 5.41) is 7.63. The highest BCUT2D eigenvalue weighted by Crippen LogP contribution is 2.22. The molecular formula is C20H17ClN6O2. The van der Waals surface area contributed by atoms with Crippen LogP contribution in [0.25, 0.3) is 17.1 Å². The van der Waals surface area contributed by atoms with Crippen molar-refractivity contribution in [1.29, 1.82) is 0 Å². The van der Waals surface area contributed by atoms with E-state index < -0.39 is 0 Å². The van der Waals surface area contributed by atoms with E-state index >= 15 is 0 Å². The fourth-order valence-corrected chi connectivity index (χ4v) is 2.89. The molecule has 1 N–H and O–H groups in total. The van der Waals surface area contributed by atoms with Crippen LogP contribution in [0, 0.1) is 0 Å². The van der Waals surface area contributed by atoms with Crippen molar-refractivity contribution in [3.05, 3.63) is 77.9 Å². The van der Waals surface area contributed by atoms with Gasteiger partial charge in [0, 0.05) is 41.7 Å². The van der Waals surface area contributed by atoms with Crippen molar-refractivity contribution in [1.82, 2.24) is 30.0 Å². The number of aromatic nitrogens is 5. The summed E-state index contributed by atoms with van der Waals surface area (Å²) in [4.78, 5) is 24.7. The smallest absolute Gasteiger partial charge is 0.220 e. The normalized spacial score (nSPS) is 10.8. The van der Waals surface area contributed by atoms with Crippen LogP contribution in [-0.4, -0.2) is 30.6 Å². The van der Waals surface area contributed by atoms with Gasteiger partial charge in [-0.15, -0.1) is 0 Å². The monoisotopic (exact) mass is 408 g/mol. The molecule has 4 rings (SSSR count). The largest absolute Gasteiger partial charge is 0.441 e. The van der Waals surface area contributed by atoms with E-state index in [2.05, 4.69) is 25.4 Å². The average Bonchev–Trinajstić information content (AvgIpc) is 3.44. The van der Waals surface area contributed by atoms with E-state index in [9.17, 15) is 4.79 Å². The van der Waals surface area contributed by atoms with Crippen molar-refractivity contribution >= 4 is 17.5 Å². The molecule has 1 aromatic carbocycles. The number of halogens is 1. The standard InChI is InChI=1S/C20H17ClN6O2/c21-16-5-3-14(4-6-16)17-11-25-19(29-17)8-7-18(28)24-10-15-2-1-9-23-20(15)27-13-22-12-26-27/h1-6,9,11-13H,7-8,10H2,(H,24,28). The third-order valence-corrected chi connectivity index (χ3v) is 4.48. The molecule has 3 aromatic heterocycles. The first-order chi connectivity index (χ1) is 14.2. The van der Waals surface area contributed by atoms with Crippen molar-refractivity contribution in [3.63, 3.8) is 0 Å². The number of pyridine rings is 1. The Morgan fingerprint density at radius 2 is 2.03 bits per heavy atom. The summed E-state index contributed by atoms with van der Waals surface area (Å²) >= 11 is 5.90. The van der Waals surface area contributed by atoms with Crippen LogP contribution in [0.1, 0.15) is 17.9 Å². The summed E-state index contributed by atoms with van der Waals surface area (Å²) in [6.07, 6.45) is 6.99. The number of hydrogen-bond donors (Lipinski definition) is 1. The zero-order valence-electron chi connectivity index (χ0n) is 15.3. The number of oxazole rings is 1. The fourth-order valence-electron chi connectivity index (χ4n) is 2.77. The van der Waals surface area contributed by atoms with Crippen molar-refractivity contribution in [2.45, 2.75) is 19.4 Å². The molecule has 0 bridgehead atoms. The van der Waals surface area contributed by atoms with Gasteiger partial charge in [-0.3, -0.25) is 4.79 Å². The minimum absolute atomic E-state index is 0.107. The van der Waals surface area contributed by atoms with Crippen LogP contribution in [0.3, 0.4) is 0 Å². The van der Waals surface area contributed by atoms with Crippen LogP contribution in [-0.2, 0) is 17.8 Å². The summed E-state index contributed by atoms with van der Waals surface area (Å²) in [6, 6.07) is 11.0. The van der Waals surface area contributed by atoms with Gasteiger partial charge in [0.05, 0.1) is 6.20 Å². The van der Waals surface area contributed by atoms with E-state index in [0.29, 0.717) is 35.5 Å². The Morgan fingerprint density at radius 3 is 2.83 bits per heavy atom. The molecule has 0 spiro atoms. The second-order valence-corrected chi connectivity index (χ2v) is 6.66. The molecule has 0 atom stereocenters.